The quantitative estimate of drug-likeness (QED) is 0.744. The molecular weight excluding hydrogens is 380 g/mol. The second-order valence-corrected chi connectivity index (χ2v) is 7.26. The fourth-order valence-corrected chi connectivity index (χ4v) is 3.93. The molecule has 1 amide bonds. The summed E-state index contributed by atoms with van der Waals surface area (Å²) in [6.45, 7) is 4.45. The first kappa shape index (κ1) is 22.2. The van der Waals surface area contributed by atoms with Crippen LogP contribution in [0.25, 0.3) is 11.0 Å². The molecule has 1 fully saturated rings. The summed E-state index contributed by atoms with van der Waals surface area (Å²) >= 11 is 0. The lowest BCUT2D eigenvalue weighted by molar-refractivity contribution is -0.132. The van der Waals surface area contributed by atoms with E-state index in [9.17, 15) is 9.59 Å². The molecule has 6 nitrogen and oxygen atoms in total. The Bertz CT molecular complexity index is 879. The maximum atomic E-state index is 12.6. The zero-order valence-corrected chi connectivity index (χ0v) is 17.6. The lowest BCUT2D eigenvalue weighted by Gasteiger charge is -2.32. The van der Waals surface area contributed by atoms with Gasteiger partial charge in [-0.3, -0.25) is 4.79 Å². The average molecular weight is 409 g/mol. The molecule has 1 N–H and O–H groups in total. The van der Waals surface area contributed by atoms with Gasteiger partial charge in [0.15, 0.2) is 0 Å². The van der Waals surface area contributed by atoms with Gasteiger partial charge in [-0.1, -0.05) is 0 Å². The number of aryl methyl sites for hydroxylation is 1. The number of piperidine rings is 1. The van der Waals surface area contributed by atoms with Crippen molar-refractivity contribution in [2.45, 2.75) is 32.6 Å². The van der Waals surface area contributed by atoms with Gasteiger partial charge in [-0.25, -0.2) is 4.79 Å². The summed E-state index contributed by atoms with van der Waals surface area (Å²) < 4.78 is 10.7. The van der Waals surface area contributed by atoms with Crippen LogP contribution in [-0.2, 0) is 11.2 Å². The predicted octanol–water partition coefficient (Wildman–Crippen LogP) is 2.92. The van der Waals surface area contributed by atoms with Gasteiger partial charge in [0.05, 0.1) is 7.11 Å². The molecule has 1 aromatic carbocycles. The van der Waals surface area contributed by atoms with Crippen LogP contribution in [0.2, 0.25) is 0 Å². The summed E-state index contributed by atoms with van der Waals surface area (Å²) in [5, 5.41) is 4.07. The van der Waals surface area contributed by atoms with Crippen molar-refractivity contribution in [3.63, 3.8) is 0 Å². The van der Waals surface area contributed by atoms with E-state index in [1.165, 1.54) is 0 Å². The summed E-state index contributed by atoms with van der Waals surface area (Å²) in [6.07, 6.45) is 2.93. The highest BCUT2D eigenvalue weighted by atomic mass is 35.5. The van der Waals surface area contributed by atoms with E-state index in [0.29, 0.717) is 35.7 Å². The fourth-order valence-electron chi connectivity index (χ4n) is 3.93. The number of ether oxygens (including phenoxy) is 1. The van der Waals surface area contributed by atoms with Crippen molar-refractivity contribution < 1.29 is 13.9 Å². The number of fused-ring (bicyclic) bond motifs is 1. The molecule has 1 unspecified atom stereocenters. The molecule has 7 heteroatoms. The second-order valence-electron chi connectivity index (χ2n) is 7.26. The van der Waals surface area contributed by atoms with E-state index in [4.69, 9.17) is 9.15 Å². The SMILES string of the molecule is CNCC1CCCN(C(=O)CCc2c(C)c3ccc(OC)cc3oc2=O)C1.Cl. The van der Waals surface area contributed by atoms with Crippen molar-refractivity contribution in [2.24, 2.45) is 5.92 Å². The zero-order chi connectivity index (χ0) is 19.4. The third kappa shape index (κ3) is 4.86. The van der Waals surface area contributed by atoms with Gasteiger partial charge in [0.2, 0.25) is 5.91 Å². The van der Waals surface area contributed by atoms with Gasteiger partial charge in [-0.2, -0.15) is 0 Å². The van der Waals surface area contributed by atoms with Gasteiger partial charge in [0, 0.05) is 36.5 Å². The second kappa shape index (κ2) is 9.94. The number of carbonyl (C=O) groups is 1. The molecule has 0 saturated carbocycles. The molecule has 1 aliphatic rings. The van der Waals surface area contributed by atoms with Gasteiger partial charge < -0.3 is 19.4 Å². The smallest absolute Gasteiger partial charge is 0.339 e. The highest BCUT2D eigenvalue weighted by Crippen LogP contribution is 2.25. The Kier molecular flexibility index (Phi) is 7.89. The number of hydrogen-bond donors (Lipinski definition) is 1. The molecule has 0 bridgehead atoms. The molecule has 3 rings (SSSR count). The number of likely N-dealkylation sites (tertiary alicyclic amines) is 1. The molecule has 0 spiro atoms. The first-order chi connectivity index (χ1) is 13.0. The Morgan fingerprint density at radius 1 is 1.39 bits per heavy atom. The van der Waals surface area contributed by atoms with Gasteiger partial charge in [0.1, 0.15) is 11.3 Å². The van der Waals surface area contributed by atoms with E-state index >= 15 is 0 Å². The molecule has 1 atom stereocenters. The maximum absolute atomic E-state index is 12.6. The van der Waals surface area contributed by atoms with E-state index in [1.54, 1.807) is 13.2 Å². The minimum absolute atomic E-state index is 0. The van der Waals surface area contributed by atoms with Crippen molar-refractivity contribution in [1.82, 2.24) is 10.2 Å². The lowest BCUT2D eigenvalue weighted by atomic mass is 9.97. The molecule has 2 aromatic rings. The Morgan fingerprint density at radius 2 is 2.18 bits per heavy atom. The Morgan fingerprint density at radius 3 is 2.89 bits per heavy atom. The number of nitrogens with one attached hydrogen (secondary N) is 1. The van der Waals surface area contributed by atoms with Crippen molar-refractivity contribution in [3.8, 4) is 5.75 Å². The van der Waals surface area contributed by atoms with Crippen LogP contribution in [0.1, 0.15) is 30.4 Å². The summed E-state index contributed by atoms with van der Waals surface area (Å²) in [5.41, 5.74) is 1.61. The van der Waals surface area contributed by atoms with Crippen molar-refractivity contribution in [2.75, 3.05) is 33.8 Å². The number of rotatable bonds is 6. The normalized spacial score (nSPS) is 16.7. The maximum Gasteiger partial charge on any atom is 0.339 e. The van der Waals surface area contributed by atoms with E-state index in [1.807, 2.05) is 31.0 Å². The zero-order valence-electron chi connectivity index (χ0n) is 16.7. The first-order valence-corrected chi connectivity index (χ1v) is 9.56. The van der Waals surface area contributed by atoms with E-state index in [2.05, 4.69) is 5.32 Å². The summed E-state index contributed by atoms with van der Waals surface area (Å²) in [5.74, 6) is 1.27. The van der Waals surface area contributed by atoms with Crippen LogP contribution in [0.4, 0.5) is 0 Å². The van der Waals surface area contributed by atoms with E-state index in [0.717, 1.165) is 43.4 Å². The van der Waals surface area contributed by atoms with Crippen LogP contribution in [0.15, 0.2) is 27.4 Å². The molecule has 28 heavy (non-hydrogen) atoms. The van der Waals surface area contributed by atoms with Crippen LogP contribution in [-0.4, -0.2) is 44.6 Å². The van der Waals surface area contributed by atoms with Gasteiger partial charge in [0.25, 0.3) is 0 Å². The number of benzene rings is 1. The third-order valence-electron chi connectivity index (χ3n) is 5.45. The number of nitrogens with zero attached hydrogens (tertiary/aromatic N) is 1. The molecule has 154 valence electrons. The molecule has 0 aliphatic carbocycles. The van der Waals surface area contributed by atoms with E-state index < -0.39 is 0 Å². The topological polar surface area (TPSA) is 71.8 Å². The van der Waals surface area contributed by atoms with Gasteiger partial charge in [-0.05, 0) is 63.4 Å². The van der Waals surface area contributed by atoms with Crippen molar-refractivity contribution >= 4 is 29.3 Å². The molecule has 1 aromatic heterocycles. The third-order valence-corrected chi connectivity index (χ3v) is 5.45. The van der Waals surface area contributed by atoms with Crippen LogP contribution in [0, 0.1) is 12.8 Å². The highest BCUT2D eigenvalue weighted by molar-refractivity contribution is 5.85. The fraction of sp³-hybridized carbons (Fsp3) is 0.524. The van der Waals surface area contributed by atoms with Gasteiger partial charge >= 0.3 is 5.63 Å². The van der Waals surface area contributed by atoms with Crippen LogP contribution < -0.4 is 15.7 Å². The molecule has 1 aliphatic heterocycles. The van der Waals surface area contributed by atoms with Crippen LogP contribution >= 0.6 is 12.4 Å². The van der Waals surface area contributed by atoms with Crippen molar-refractivity contribution in [1.29, 1.82) is 0 Å². The summed E-state index contributed by atoms with van der Waals surface area (Å²) in [6, 6.07) is 5.46. The first-order valence-electron chi connectivity index (χ1n) is 9.56. The van der Waals surface area contributed by atoms with Gasteiger partial charge in [-0.15, -0.1) is 12.4 Å². The molecular formula is C21H29ClN2O4. The Hall–Kier alpha value is -2.05. The minimum Gasteiger partial charge on any atom is -0.497 e. The molecule has 2 heterocycles. The largest absolute Gasteiger partial charge is 0.497 e. The van der Waals surface area contributed by atoms with Crippen molar-refractivity contribution in [3.05, 3.63) is 39.7 Å². The number of carbonyl (C=O) groups excluding carboxylic acids is 1. The number of halogens is 1. The Labute approximate surface area is 171 Å². The van der Waals surface area contributed by atoms with Crippen LogP contribution in [0.3, 0.4) is 0 Å². The standard InChI is InChI=1S/C21H28N2O4.ClH/c1-14-17-7-6-16(26-3)11-19(17)27-21(25)18(14)8-9-20(24)23-10-4-5-15(13-23)12-22-2;/h6-7,11,15,22H,4-5,8-10,12-13H2,1-3H3;1H. The Balaban J connectivity index is 0.00000280. The lowest BCUT2D eigenvalue weighted by Crippen LogP contribution is -2.42. The number of amides is 1. The molecule has 1 saturated heterocycles. The summed E-state index contributed by atoms with van der Waals surface area (Å²) in [4.78, 5) is 27.0. The monoisotopic (exact) mass is 408 g/mol. The predicted molar refractivity (Wildman–Crippen MR) is 113 cm³/mol. The van der Waals surface area contributed by atoms with E-state index in [-0.39, 0.29) is 23.9 Å². The number of hydrogen-bond acceptors (Lipinski definition) is 5. The minimum atomic E-state index is -0.368. The summed E-state index contributed by atoms with van der Waals surface area (Å²) in [7, 11) is 3.52. The highest BCUT2D eigenvalue weighted by Gasteiger charge is 2.23. The average Bonchev–Trinajstić information content (AvgIpc) is 2.67. The number of methoxy groups -OCH3 is 1. The molecule has 0 radical (unpaired) electrons. The van der Waals surface area contributed by atoms with Crippen LogP contribution in [0.5, 0.6) is 5.75 Å².